The second-order valence-corrected chi connectivity index (χ2v) is 7.68. The molecule has 0 bridgehead atoms. The number of aromatic nitrogens is 2. The van der Waals surface area contributed by atoms with Crippen molar-refractivity contribution in [3.05, 3.63) is 34.1 Å². The fourth-order valence-electron chi connectivity index (χ4n) is 3.18. The second kappa shape index (κ2) is 6.71. The van der Waals surface area contributed by atoms with Crippen LogP contribution in [0.4, 0.5) is 0 Å². The summed E-state index contributed by atoms with van der Waals surface area (Å²) in [5.41, 5.74) is 0. The summed E-state index contributed by atoms with van der Waals surface area (Å²) < 4.78 is 5.49. The molecule has 4 rings (SSSR count). The van der Waals surface area contributed by atoms with E-state index in [0.29, 0.717) is 5.92 Å². The fourth-order valence-corrected chi connectivity index (χ4v) is 3.88. The zero-order valence-electron chi connectivity index (χ0n) is 13.6. The lowest BCUT2D eigenvalue weighted by atomic mass is 10.2. The maximum atomic E-state index is 5.49. The van der Waals surface area contributed by atoms with Gasteiger partial charge in [-0.1, -0.05) is 11.2 Å². The van der Waals surface area contributed by atoms with Crippen molar-refractivity contribution >= 4 is 11.3 Å². The summed E-state index contributed by atoms with van der Waals surface area (Å²) in [5, 5.41) is 6.31. The monoisotopic (exact) mass is 332 g/mol. The van der Waals surface area contributed by atoms with Gasteiger partial charge in [0.2, 0.25) is 5.89 Å². The number of hydrogen-bond acceptors (Lipinski definition) is 6. The van der Waals surface area contributed by atoms with Gasteiger partial charge >= 0.3 is 0 Å². The van der Waals surface area contributed by atoms with Crippen LogP contribution >= 0.6 is 11.3 Å². The molecule has 1 aliphatic heterocycles. The number of rotatable bonds is 6. The zero-order valence-corrected chi connectivity index (χ0v) is 14.5. The number of thiophene rings is 1. The van der Waals surface area contributed by atoms with Gasteiger partial charge in [0, 0.05) is 43.5 Å². The van der Waals surface area contributed by atoms with Gasteiger partial charge in [-0.3, -0.25) is 4.90 Å². The fraction of sp³-hybridized carbons (Fsp3) is 0.647. The van der Waals surface area contributed by atoms with Crippen molar-refractivity contribution in [3.8, 4) is 0 Å². The molecular weight excluding hydrogens is 308 g/mol. The van der Waals surface area contributed by atoms with Gasteiger partial charge in [-0.25, -0.2) is 0 Å². The van der Waals surface area contributed by atoms with Crippen LogP contribution in [0.25, 0.3) is 0 Å². The first-order chi connectivity index (χ1) is 11.3. The zero-order chi connectivity index (χ0) is 15.6. The van der Waals surface area contributed by atoms with Crippen molar-refractivity contribution in [1.29, 1.82) is 0 Å². The van der Waals surface area contributed by atoms with E-state index >= 15 is 0 Å². The third-order valence-electron chi connectivity index (χ3n) is 4.97. The molecule has 1 saturated carbocycles. The summed E-state index contributed by atoms with van der Waals surface area (Å²) in [6.45, 7) is 7.75. The Kier molecular flexibility index (Phi) is 4.46. The molecule has 1 atom stereocenters. The van der Waals surface area contributed by atoms with Crippen LogP contribution in [0, 0.1) is 0 Å². The Hall–Kier alpha value is -1.24. The summed E-state index contributed by atoms with van der Waals surface area (Å²) in [5.74, 6) is 2.27. The molecule has 2 fully saturated rings. The lowest BCUT2D eigenvalue weighted by Crippen LogP contribution is -2.47. The first kappa shape index (κ1) is 15.3. The van der Waals surface area contributed by atoms with Gasteiger partial charge in [0.05, 0.1) is 6.04 Å². The van der Waals surface area contributed by atoms with E-state index in [4.69, 9.17) is 4.52 Å². The minimum atomic E-state index is 0.231. The Morgan fingerprint density at radius 3 is 2.83 bits per heavy atom. The topological polar surface area (TPSA) is 45.4 Å². The first-order valence-corrected chi connectivity index (χ1v) is 9.50. The summed E-state index contributed by atoms with van der Waals surface area (Å²) in [6.07, 6.45) is 3.61. The molecule has 2 aromatic rings. The van der Waals surface area contributed by atoms with E-state index in [1.165, 1.54) is 24.1 Å². The maximum absolute atomic E-state index is 5.49. The average Bonchev–Trinajstić information content (AvgIpc) is 3.11. The van der Waals surface area contributed by atoms with Crippen LogP contribution in [-0.2, 0) is 6.42 Å². The second-order valence-electron chi connectivity index (χ2n) is 6.65. The van der Waals surface area contributed by atoms with Crippen molar-refractivity contribution in [3.63, 3.8) is 0 Å². The predicted octanol–water partition coefficient (Wildman–Crippen LogP) is 2.93. The summed E-state index contributed by atoms with van der Waals surface area (Å²) >= 11 is 1.86. The van der Waals surface area contributed by atoms with Crippen molar-refractivity contribution in [2.45, 2.75) is 38.1 Å². The molecule has 0 aromatic carbocycles. The lowest BCUT2D eigenvalue weighted by molar-refractivity contribution is 0.0891. The first-order valence-electron chi connectivity index (χ1n) is 8.62. The van der Waals surface area contributed by atoms with E-state index in [1.54, 1.807) is 0 Å². The Morgan fingerprint density at radius 1 is 1.30 bits per heavy atom. The molecule has 0 amide bonds. The third-order valence-corrected chi connectivity index (χ3v) is 5.90. The Balaban J connectivity index is 1.26. The molecular formula is C17H24N4OS. The third kappa shape index (κ3) is 3.65. The van der Waals surface area contributed by atoms with Gasteiger partial charge in [0.25, 0.3) is 0 Å². The number of hydrogen-bond donors (Lipinski definition) is 0. The van der Waals surface area contributed by atoms with Crippen LogP contribution in [-0.4, -0.2) is 52.7 Å². The molecule has 1 aliphatic carbocycles. The maximum Gasteiger partial charge on any atom is 0.243 e. The van der Waals surface area contributed by atoms with E-state index in [9.17, 15) is 0 Å². The van der Waals surface area contributed by atoms with Crippen molar-refractivity contribution in [2.75, 3.05) is 32.7 Å². The van der Waals surface area contributed by atoms with Gasteiger partial charge in [0.15, 0.2) is 5.82 Å². The summed E-state index contributed by atoms with van der Waals surface area (Å²) in [7, 11) is 0. The summed E-state index contributed by atoms with van der Waals surface area (Å²) in [6, 6.07) is 4.60. The Morgan fingerprint density at radius 2 is 2.13 bits per heavy atom. The van der Waals surface area contributed by atoms with Gasteiger partial charge in [-0.15, -0.1) is 11.3 Å². The smallest absolute Gasteiger partial charge is 0.243 e. The quantitative estimate of drug-likeness (QED) is 0.814. The largest absolute Gasteiger partial charge is 0.338 e. The van der Waals surface area contributed by atoms with Gasteiger partial charge < -0.3 is 9.42 Å². The van der Waals surface area contributed by atoms with E-state index in [1.807, 2.05) is 11.3 Å². The predicted molar refractivity (Wildman–Crippen MR) is 90.7 cm³/mol. The molecule has 2 aromatic heterocycles. The molecule has 23 heavy (non-hydrogen) atoms. The minimum absolute atomic E-state index is 0.231. The van der Waals surface area contributed by atoms with Crippen molar-refractivity contribution < 1.29 is 4.52 Å². The minimum Gasteiger partial charge on any atom is -0.338 e. The molecule has 6 heteroatoms. The SMILES string of the molecule is C[C@H](c1nc(C2CC2)no1)N1CCN(CCc2cccs2)CC1. The van der Waals surface area contributed by atoms with Crippen molar-refractivity contribution in [1.82, 2.24) is 19.9 Å². The molecule has 0 radical (unpaired) electrons. The normalized spacial score (nSPS) is 21.6. The highest BCUT2D eigenvalue weighted by Gasteiger charge is 2.31. The molecule has 124 valence electrons. The van der Waals surface area contributed by atoms with Crippen LogP contribution in [0.15, 0.2) is 22.0 Å². The van der Waals surface area contributed by atoms with E-state index < -0.39 is 0 Å². The highest BCUT2D eigenvalue weighted by atomic mass is 32.1. The van der Waals surface area contributed by atoms with E-state index in [-0.39, 0.29) is 6.04 Å². The van der Waals surface area contributed by atoms with Gasteiger partial charge in [-0.2, -0.15) is 4.98 Å². The number of nitrogens with zero attached hydrogens (tertiary/aromatic N) is 4. The van der Waals surface area contributed by atoms with Crippen molar-refractivity contribution in [2.24, 2.45) is 0 Å². The van der Waals surface area contributed by atoms with Gasteiger partial charge in [0.1, 0.15) is 0 Å². The van der Waals surface area contributed by atoms with Gasteiger partial charge in [-0.05, 0) is 37.6 Å². The highest BCUT2D eigenvalue weighted by molar-refractivity contribution is 7.09. The molecule has 5 nitrogen and oxygen atoms in total. The standard InChI is InChI=1S/C17H24N4OS/c1-13(17-18-16(19-22-17)14-4-5-14)21-10-8-20(9-11-21)7-6-15-3-2-12-23-15/h2-3,12-14H,4-11H2,1H3/t13-/m1/s1. The molecule has 0 spiro atoms. The van der Waals surface area contributed by atoms with Crippen LogP contribution < -0.4 is 0 Å². The van der Waals surface area contributed by atoms with Crippen LogP contribution in [0.3, 0.4) is 0 Å². The van der Waals surface area contributed by atoms with E-state index in [0.717, 1.165) is 44.4 Å². The number of piperazine rings is 1. The Bertz CT molecular complexity index is 614. The average molecular weight is 332 g/mol. The summed E-state index contributed by atoms with van der Waals surface area (Å²) in [4.78, 5) is 11.1. The van der Waals surface area contributed by atoms with E-state index in [2.05, 4.69) is 44.4 Å². The Labute approximate surface area is 141 Å². The molecule has 1 saturated heterocycles. The lowest BCUT2D eigenvalue weighted by Gasteiger charge is -2.36. The highest BCUT2D eigenvalue weighted by Crippen LogP contribution is 2.38. The van der Waals surface area contributed by atoms with Crippen LogP contribution in [0.2, 0.25) is 0 Å². The van der Waals surface area contributed by atoms with Crippen LogP contribution in [0.1, 0.15) is 48.3 Å². The molecule has 2 aliphatic rings. The molecule has 0 unspecified atom stereocenters. The molecule has 0 N–H and O–H groups in total. The molecule has 3 heterocycles. The van der Waals surface area contributed by atoms with Crippen LogP contribution in [0.5, 0.6) is 0 Å².